The summed E-state index contributed by atoms with van der Waals surface area (Å²) in [6.45, 7) is 9.71. The maximum atomic E-state index is 13.4. The van der Waals surface area contributed by atoms with Gasteiger partial charge in [-0.05, 0) is 195 Å². The summed E-state index contributed by atoms with van der Waals surface area (Å²) in [5.41, 5.74) is 22.3. The molecule has 28 heteroatoms. The van der Waals surface area contributed by atoms with Crippen LogP contribution in [0.1, 0.15) is 221 Å². The van der Waals surface area contributed by atoms with Crippen molar-refractivity contribution in [1.82, 2.24) is 35.7 Å². The molecular weight excluding hydrogens is 2570 g/mol. The number of amidine groups is 3. The molecule has 4 heterocycles. The predicted octanol–water partition coefficient (Wildman–Crippen LogP) is 32.8. The molecule has 3 amide bonds. The van der Waals surface area contributed by atoms with E-state index in [-0.39, 0.29) is 69.5 Å². The number of aromatic nitrogens is 4. The van der Waals surface area contributed by atoms with Crippen LogP contribution < -0.4 is 5.32 Å². The zero-order chi connectivity index (χ0) is 102. The smallest absolute Gasteiger partial charge is 0.256 e. The summed E-state index contributed by atoms with van der Waals surface area (Å²) < 4.78 is -0.240. The number of hydrogen-bond acceptors (Lipinski definition) is 14. The number of carbonyl (C=O) groups is 3. The summed E-state index contributed by atoms with van der Waals surface area (Å²) in [4.78, 5) is 56.8. The minimum Gasteiger partial charge on any atom is -0.312 e. The molecular formula is C117H112Br6I3N15O3V. The van der Waals surface area contributed by atoms with Crippen molar-refractivity contribution in [3.63, 3.8) is 0 Å². The molecule has 18 nitrogen and oxygen atoms in total. The Morgan fingerprint density at radius 1 is 0.400 bits per heavy atom. The van der Waals surface area contributed by atoms with Crippen molar-refractivity contribution in [2.75, 3.05) is 0 Å². The Morgan fingerprint density at radius 3 is 1.03 bits per heavy atom. The van der Waals surface area contributed by atoms with Gasteiger partial charge in [-0.1, -0.05) is 441 Å². The molecule has 0 saturated heterocycles. The quantitative estimate of drug-likeness (QED) is 0.0475. The number of amides is 3. The molecule has 13 aromatic rings. The predicted molar refractivity (Wildman–Crippen MR) is 632 cm³/mol. The largest absolute Gasteiger partial charge is 0.312 e. The van der Waals surface area contributed by atoms with Gasteiger partial charge in [0, 0.05) is 85.9 Å². The first-order chi connectivity index (χ1) is 69.5. The van der Waals surface area contributed by atoms with Gasteiger partial charge in [0.2, 0.25) is 5.82 Å². The first-order valence-corrected chi connectivity index (χ1v) is 59.8. The fraction of sp³-hybridized carbons (Fsp3) is 0.282. The van der Waals surface area contributed by atoms with Gasteiger partial charge >= 0.3 is 0 Å². The first-order valence-electron chi connectivity index (χ1n) is 48.2. The number of nitriles is 5. The molecule has 12 aromatic carbocycles. The number of nitrogens with zero attached hydrogens (tertiary/aromatic N) is 13. The van der Waals surface area contributed by atoms with E-state index < -0.39 is 13.2 Å². The van der Waals surface area contributed by atoms with Crippen molar-refractivity contribution in [1.29, 1.82) is 26.3 Å². The normalized spacial score (nSPS) is 14.3. The van der Waals surface area contributed by atoms with Crippen molar-refractivity contribution >= 4 is 192 Å². The van der Waals surface area contributed by atoms with Crippen LogP contribution in [0, 0.1) is 63.6 Å². The van der Waals surface area contributed by atoms with Crippen LogP contribution in [0.3, 0.4) is 0 Å². The zero-order valence-electron chi connectivity index (χ0n) is 81.2. The fourth-order valence-corrected chi connectivity index (χ4v) is 20.0. The molecule has 19 rings (SSSR count). The molecule has 3 aliphatic carbocycles. The molecule has 741 valence electrons. The average Bonchev–Trinajstić information content (AvgIpc) is 1.62. The van der Waals surface area contributed by atoms with E-state index >= 15 is 0 Å². The summed E-state index contributed by atoms with van der Waals surface area (Å²) in [6, 6.07) is 107. The topological polar surface area (TPSA) is 280 Å². The Bertz CT molecular complexity index is 6780. The third-order valence-corrected chi connectivity index (χ3v) is 29.0. The molecule has 145 heavy (non-hydrogen) atoms. The minimum absolute atomic E-state index is 0. The maximum Gasteiger partial charge on any atom is 0.256 e. The molecule has 3 saturated carbocycles. The van der Waals surface area contributed by atoms with Crippen LogP contribution in [0.5, 0.6) is 0 Å². The van der Waals surface area contributed by atoms with E-state index in [0.717, 1.165) is 258 Å². The van der Waals surface area contributed by atoms with Gasteiger partial charge < -0.3 is 5.32 Å². The van der Waals surface area contributed by atoms with Gasteiger partial charge in [-0.2, -0.15) is 31.5 Å². The van der Waals surface area contributed by atoms with Crippen LogP contribution in [-0.2, 0) is 53.5 Å². The van der Waals surface area contributed by atoms with E-state index in [0.29, 0.717) is 41.2 Å². The maximum absolute atomic E-state index is 13.4. The Balaban J connectivity index is 0.000000177. The number of benzene rings is 12. The van der Waals surface area contributed by atoms with Gasteiger partial charge in [-0.15, -0.1) is 34.2 Å². The van der Waals surface area contributed by atoms with E-state index in [2.05, 4.69) is 289 Å². The molecule has 1 aromatic heterocycles. The molecule has 6 aliphatic rings. The van der Waals surface area contributed by atoms with Crippen LogP contribution in [0.15, 0.2) is 306 Å². The van der Waals surface area contributed by atoms with Crippen molar-refractivity contribution in [2.45, 2.75) is 203 Å². The number of nitrogens with one attached hydrogen (secondary N) is 2. The van der Waals surface area contributed by atoms with Gasteiger partial charge in [-0.25, -0.2) is 0 Å². The van der Waals surface area contributed by atoms with Crippen LogP contribution in [0.2, 0.25) is 0 Å². The van der Waals surface area contributed by atoms with E-state index in [1.807, 2.05) is 234 Å². The van der Waals surface area contributed by atoms with E-state index in [9.17, 15) is 19.6 Å². The van der Waals surface area contributed by atoms with Gasteiger partial charge in [0.15, 0.2) is 2.14 Å². The molecule has 2 N–H and O–H groups in total. The van der Waals surface area contributed by atoms with Gasteiger partial charge in [-0.3, -0.25) is 39.2 Å². The van der Waals surface area contributed by atoms with E-state index in [1.165, 1.54) is 11.1 Å². The van der Waals surface area contributed by atoms with Crippen molar-refractivity contribution in [2.24, 2.45) is 15.0 Å². The second-order valence-corrected chi connectivity index (χ2v) is 45.9. The zero-order valence-corrected chi connectivity index (χ0v) is 98.7. The third-order valence-electron chi connectivity index (χ3n) is 25.9. The van der Waals surface area contributed by atoms with Crippen LogP contribution in [0.25, 0.3) is 78.1 Å². The SMILES string of the molecule is CCCCC1=NC2(CCCC2)C(=O)N1.CCCCC1=NC2(CCCC2)C(=O)N1Cc1ccc(-c2ccccc2-c2nn[nH]n2)cc1.CCCCC1=NC2(CCCC2)C(=O)N1Cc1ccc(-c2ccccc2C#N)cc1.Cc1ccc(-c2ccccc2C#N)cc1.I.II.N#Cc1ccccc1-c1ccc(C(Br)(Br)Br)cc1.N#Cc1ccccc1-c1ccc(C(Br)Br)cc1.N#Cc1ccccc1-c1ccc(CBr)cc1.[V]. The minimum atomic E-state index is -0.480. The summed E-state index contributed by atoms with van der Waals surface area (Å²) in [7, 11) is 0. The van der Waals surface area contributed by atoms with E-state index in [1.54, 1.807) is 0 Å². The summed E-state index contributed by atoms with van der Waals surface area (Å²) in [6.07, 6.45) is 21.4. The number of H-pyrrole nitrogens is 1. The Morgan fingerprint density at radius 2 is 0.703 bits per heavy atom. The van der Waals surface area contributed by atoms with Gasteiger partial charge in [0.05, 0.1) is 75.0 Å². The first kappa shape index (κ1) is 117. The number of tetrazole rings is 1. The Hall–Kier alpha value is -9.77. The molecule has 0 atom stereocenters. The van der Waals surface area contributed by atoms with Crippen LogP contribution >= 0.6 is 157 Å². The molecule has 3 aliphatic heterocycles. The fourth-order valence-electron chi connectivity index (χ4n) is 18.2. The molecule has 3 fully saturated rings. The van der Waals surface area contributed by atoms with Crippen LogP contribution in [0.4, 0.5) is 0 Å². The number of alkyl halides is 6. The Kier molecular flexibility index (Phi) is 47.5. The number of unbranched alkanes of at least 4 members (excludes halogenated alkanes) is 3. The number of aliphatic imine (C=N–C) groups is 3. The van der Waals surface area contributed by atoms with Crippen LogP contribution in [-0.4, -0.2) is 82.3 Å². The monoisotopic (exact) mass is 2680 g/mol. The number of carbonyl (C=O) groups excluding carboxylic acids is 3. The summed E-state index contributed by atoms with van der Waals surface area (Å²) in [5, 5.41) is 63.8. The molecule has 1 radical (unpaired) electrons. The second-order valence-electron chi connectivity index (χ2n) is 35.5. The summed E-state index contributed by atoms with van der Waals surface area (Å²) >= 11 is 25.0. The van der Waals surface area contributed by atoms with Gasteiger partial charge in [0.1, 0.15) is 34.1 Å². The van der Waals surface area contributed by atoms with Gasteiger partial charge in [0.25, 0.3) is 17.7 Å². The number of halogens is 9. The average molecular weight is 2690 g/mol. The third kappa shape index (κ3) is 31.4. The number of aromatic amines is 1. The number of rotatable bonds is 22. The Labute approximate surface area is 955 Å². The standard InChI is InChI=1S/C25H28N6O.C25H27N3O.C14H8Br3N.C14H9Br2N.C14H10BrN.C14H11N.C11H18N2O.I2.HI.V/c1-2-3-10-22-26-25(15-6-7-16-25)24(32)31(22)17-18-11-13-19(14-12-18)20-8-4-5-9-21(20)23-27-29-30-28-23;1-2-3-10-23-27-25(15-6-7-16-25)24(29)28(23)18-19-11-13-20(14-12-19)22-9-5-4-8-21(22)17-26;15-14(16,17)12-7-5-10(6-8-12)13-4-2-1-3-11(13)9-18;15-14(16)11-7-5-10(6-8-11)13-4-2-1-3-12(13)9-17;15-9-11-5-7-12(8-6-11)14-4-2-1-3-13(14)10-16;1-11-6-8-12(9-7-11)14-5-3-2-4-13(14)10-15;1-2-3-6-9-12-10(14)11(13-9)7-4-5-8-11;1-2;;/h4-5,8-9,11-14H,2-3,6-7,10,15-17H2,1H3,(H,27,28,29,30);4-5,8-9,11-14H,2-3,6-7,10,15-16,18H2,1H3;1-8H;1-8,14H;1-8H,9H2;2-9H,1H3;2-8H2,1H3,(H,12,13,14);;1H;. The molecule has 0 unspecified atom stereocenters. The molecule has 3 spiro atoms. The van der Waals surface area contributed by atoms with Crippen molar-refractivity contribution in [3.8, 4) is 108 Å². The number of aryl methyl sites for hydroxylation is 1. The number of hydrogen-bond donors (Lipinski definition) is 2. The summed E-state index contributed by atoms with van der Waals surface area (Å²) in [5.74, 6) is 4.00. The second kappa shape index (κ2) is 58.8. The van der Waals surface area contributed by atoms with E-state index in [4.69, 9.17) is 31.0 Å². The molecule has 0 bridgehead atoms. The van der Waals surface area contributed by atoms with Crippen molar-refractivity contribution < 1.29 is 32.9 Å². The van der Waals surface area contributed by atoms with Crippen molar-refractivity contribution in [3.05, 3.63) is 352 Å².